The predicted molar refractivity (Wildman–Crippen MR) is 126 cm³/mol. The van der Waals surface area contributed by atoms with Gasteiger partial charge in [-0.1, -0.05) is 13.0 Å². The van der Waals surface area contributed by atoms with Gasteiger partial charge in [-0.25, -0.2) is 4.39 Å². The second-order valence-electron chi connectivity index (χ2n) is 8.03. The number of carbonyl (C=O) groups is 3. The van der Waals surface area contributed by atoms with Crippen LogP contribution in [-0.4, -0.2) is 36.1 Å². The first kappa shape index (κ1) is 23.9. The molecule has 3 amide bonds. The number of primary amides is 1. The van der Waals surface area contributed by atoms with E-state index in [4.69, 9.17) is 11.5 Å². The van der Waals surface area contributed by atoms with Crippen molar-refractivity contribution in [3.8, 4) is 0 Å². The van der Waals surface area contributed by atoms with Gasteiger partial charge in [0.25, 0.3) is 11.8 Å². The van der Waals surface area contributed by atoms with E-state index in [2.05, 4.69) is 22.1 Å². The number of aliphatic imine (C=N–C) groups is 1. The van der Waals surface area contributed by atoms with Crippen LogP contribution in [0.25, 0.3) is 0 Å². The van der Waals surface area contributed by atoms with Gasteiger partial charge in [-0.2, -0.15) is 4.99 Å². The number of hydrogen-bond acceptors (Lipinski definition) is 4. The number of amidine groups is 1. The van der Waals surface area contributed by atoms with Gasteiger partial charge in [-0.15, -0.1) is 0 Å². The fourth-order valence-corrected chi connectivity index (χ4v) is 3.83. The van der Waals surface area contributed by atoms with Gasteiger partial charge >= 0.3 is 0 Å². The maximum absolute atomic E-state index is 14.0. The van der Waals surface area contributed by atoms with Crippen molar-refractivity contribution in [1.29, 1.82) is 0 Å². The van der Waals surface area contributed by atoms with E-state index < -0.39 is 17.6 Å². The highest BCUT2D eigenvalue weighted by Crippen LogP contribution is 2.32. The van der Waals surface area contributed by atoms with Gasteiger partial charge in [0, 0.05) is 30.1 Å². The van der Waals surface area contributed by atoms with E-state index in [-0.39, 0.29) is 28.4 Å². The van der Waals surface area contributed by atoms with E-state index in [1.807, 2.05) is 0 Å². The van der Waals surface area contributed by atoms with Crippen LogP contribution in [0.2, 0.25) is 0 Å². The molecule has 5 N–H and O–H groups in total. The number of anilines is 2. The predicted octanol–water partition coefficient (Wildman–Crippen LogP) is 3.20. The Balaban J connectivity index is 1.92. The third-order valence-corrected chi connectivity index (χ3v) is 5.70. The van der Waals surface area contributed by atoms with Crippen molar-refractivity contribution in [2.75, 3.05) is 16.8 Å². The van der Waals surface area contributed by atoms with Crippen LogP contribution in [0, 0.1) is 5.82 Å². The number of nitrogens with one attached hydrogen (secondary N) is 1. The van der Waals surface area contributed by atoms with Gasteiger partial charge in [-0.3, -0.25) is 14.4 Å². The van der Waals surface area contributed by atoms with Gasteiger partial charge in [0.2, 0.25) is 5.91 Å². The first-order chi connectivity index (χ1) is 15.7. The van der Waals surface area contributed by atoms with E-state index in [0.29, 0.717) is 18.2 Å². The molecule has 1 aliphatic heterocycles. The number of amides is 3. The van der Waals surface area contributed by atoms with Crippen LogP contribution in [0.3, 0.4) is 0 Å². The normalized spacial score (nSPS) is 16.4. The lowest BCUT2D eigenvalue weighted by molar-refractivity contribution is -0.115. The molecule has 0 spiro atoms. The van der Waals surface area contributed by atoms with E-state index >= 15 is 0 Å². The zero-order chi connectivity index (χ0) is 24.1. The SMILES string of the molecule is CCC(=O)Nc1cc(C(=O)N=C(N)c2ccc(C(N)=O)c(F)c2)ccc1N1CCCCC1C. The summed E-state index contributed by atoms with van der Waals surface area (Å²) in [6.45, 7) is 4.75. The van der Waals surface area contributed by atoms with E-state index in [1.54, 1.807) is 25.1 Å². The van der Waals surface area contributed by atoms with Gasteiger partial charge in [0.05, 0.1) is 16.9 Å². The average Bonchev–Trinajstić information content (AvgIpc) is 2.79. The number of carbonyl (C=O) groups excluding carboxylic acids is 3. The van der Waals surface area contributed by atoms with Crippen molar-refractivity contribution in [2.24, 2.45) is 16.5 Å². The number of piperidine rings is 1. The fourth-order valence-electron chi connectivity index (χ4n) is 3.83. The molecule has 0 bridgehead atoms. The minimum Gasteiger partial charge on any atom is -0.383 e. The summed E-state index contributed by atoms with van der Waals surface area (Å²) in [7, 11) is 0. The zero-order valence-electron chi connectivity index (χ0n) is 18.7. The molecule has 2 aromatic carbocycles. The number of halogens is 1. The van der Waals surface area contributed by atoms with Gasteiger partial charge in [-0.05, 0) is 56.5 Å². The summed E-state index contributed by atoms with van der Waals surface area (Å²) in [5.41, 5.74) is 12.5. The summed E-state index contributed by atoms with van der Waals surface area (Å²) in [4.78, 5) is 42.2. The van der Waals surface area contributed by atoms with Crippen LogP contribution < -0.4 is 21.7 Å². The first-order valence-corrected chi connectivity index (χ1v) is 10.9. The van der Waals surface area contributed by atoms with Crippen molar-refractivity contribution in [1.82, 2.24) is 0 Å². The summed E-state index contributed by atoms with van der Waals surface area (Å²) in [6.07, 6.45) is 3.55. The lowest BCUT2D eigenvalue weighted by Crippen LogP contribution is -2.38. The number of rotatable bonds is 6. The molecule has 1 saturated heterocycles. The number of nitrogens with zero attached hydrogens (tertiary/aromatic N) is 2. The Morgan fingerprint density at radius 3 is 2.48 bits per heavy atom. The molecule has 2 aromatic rings. The van der Waals surface area contributed by atoms with Gasteiger partial charge in [0.1, 0.15) is 11.7 Å². The fraction of sp³-hybridized carbons (Fsp3) is 0.333. The van der Waals surface area contributed by atoms with Crippen LogP contribution in [0.1, 0.15) is 65.8 Å². The highest BCUT2D eigenvalue weighted by Gasteiger charge is 2.22. The molecular formula is C24H28FN5O3. The molecule has 1 atom stereocenters. The molecule has 33 heavy (non-hydrogen) atoms. The number of hydrogen-bond donors (Lipinski definition) is 3. The van der Waals surface area contributed by atoms with Gasteiger partial charge < -0.3 is 21.7 Å². The molecular weight excluding hydrogens is 425 g/mol. The van der Waals surface area contributed by atoms with Gasteiger partial charge in [0.15, 0.2) is 0 Å². The smallest absolute Gasteiger partial charge is 0.279 e. The maximum Gasteiger partial charge on any atom is 0.279 e. The molecule has 1 fully saturated rings. The number of benzene rings is 2. The molecule has 0 aromatic heterocycles. The molecule has 3 rings (SSSR count). The Hall–Kier alpha value is -3.75. The highest BCUT2D eigenvalue weighted by atomic mass is 19.1. The van der Waals surface area contributed by atoms with Crippen LogP contribution in [0.4, 0.5) is 15.8 Å². The largest absolute Gasteiger partial charge is 0.383 e. The third kappa shape index (κ3) is 5.54. The Morgan fingerprint density at radius 2 is 1.85 bits per heavy atom. The lowest BCUT2D eigenvalue weighted by Gasteiger charge is -2.36. The van der Waals surface area contributed by atoms with Crippen molar-refractivity contribution in [3.05, 3.63) is 58.9 Å². The van der Waals surface area contributed by atoms with Crippen LogP contribution >= 0.6 is 0 Å². The van der Waals surface area contributed by atoms with Crippen molar-refractivity contribution < 1.29 is 18.8 Å². The second kappa shape index (κ2) is 10.2. The van der Waals surface area contributed by atoms with E-state index in [1.165, 1.54) is 12.1 Å². The van der Waals surface area contributed by atoms with Crippen molar-refractivity contribution in [3.63, 3.8) is 0 Å². The van der Waals surface area contributed by atoms with Crippen LogP contribution in [-0.2, 0) is 4.79 Å². The maximum atomic E-state index is 14.0. The number of nitrogens with two attached hydrogens (primary N) is 2. The quantitative estimate of drug-likeness (QED) is 0.457. The molecule has 9 heteroatoms. The van der Waals surface area contributed by atoms with Crippen molar-refractivity contribution >= 4 is 34.9 Å². The Bertz CT molecular complexity index is 1120. The molecule has 1 heterocycles. The molecule has 1 aliphatic rings. The second-order valence-corrected chi connectivity index (χ2v) is 8.03. The average molecular weight is 454 g/mol. The Labute approximate surface area is 191 Å². The summed E-state index contributed by atoms with van der Waals surface area (Å²) in [6, 6.07) is 8.88. The molecule has 174 valence electrons. The zero-order valence-corrected chi connectivity index (χ0v) is 18.7. The molecule has 0 saturated carbocycles. The third-order valence-electron chi connectivity index (χ3n) is 5.70. The Kier molecular flexibility index (Phi) is 7.42. The minimum atomic E-state index is -0.907. The summed E-state index contributed by atoms with van der Waals surface area (Å²) in [5.74, 6) is -2.77. The van der Waals surface area contributed by atoms with Crippen LogP contribution in [0.5, 0.6) is 0 Å². The highest BCUT2D eigenvalue weighted by molar-refractivity contribution is 6.10. The Morgan fingerprint density at radius 1 is 1.12 bits per heavy atom. The molecule has 0 aliphatic carbocycles. The molecule has 0 radical (unpaired) electrons. The first-order valence-electron chi connectivity index (χ1n) is 10.9. The topological polar surface area (TPSA) is 131 Å². The van der Waals surface area contributed by atoms with E-state index in [0.717, 1.165) is 37.6 Å². The summed E-state index contributed by atoms with van der Waals surface area (Å²) >= 11 is 0. The lowest BCUT2D eigenvalue weighted by atomic mass is 10.0. The molecule has 8 nitrogen and oxygen atoms in total. The standard InChI is InChI=1S/C24H28FN5O3/c1-3-21(31)28-19-13-16(8-10-20(19)30-11-5-4-6-14(30)2)24(33)29-22(26)15-7-9-17(23(27)32)18(25)12-15/h7-10,12-14H,3-6,11H2,1-2H3,(H2,27,32)(H,28,31)(H2,26,29,33). The van der Waals surface area contributed by atoms with Crippen LogP contribution in [0.15, 0.2) is 41.4 Å². The van der Waals surface area contributed by atoms with Crippen molar-refractivity contribution in [2.45, 2.75) is 45.6 Å². The molecule has 1 unspecified atom stereocenters. The summed E-state index contributed by atoms with van der Waals surface area (Å²) < 4.78 is 14.0. The monoisotopic (exact) mass is 453 g/mol. The van der Waals surface area contributed by atoms with E-state index in [9.17, 15) is 18.8 Å². The minimum absolute atomic E-state index is 0.143. The summed E-state index contributed by atoms with van der Waals surface area (Å²) in [5, 5.41) is 2.88.